The second-order valence-electron chi connectivity index (χ2n) is 11.1. The number of ether oxygens (including phenoxy) is 1. The van der Waals surface area contributed by atoms with E-state index in [1.807, 2.05) is 42.5 Å². The van der Waals surface area contributed by atoms with Gasteiger partial charge in [-0.05, 0) is 56.9 Å². The molecule has 2 aromatic heterocycles. The number of imidazole rings is 1. The number of carbonyl (C=O) groups excluding carboxylic acids is 3. The molecule has 0 saturated heterocycles. The van der Waals surface area contributed by atoms with E-state index in [9.17, 15) is 14.4 Å². The van der Waals surface area contributed by atoms with Gasteiger partial charge in [-0.2, -0.15) is 0 Å². The Morgan fingerprint density at radius 3 is 2.40 bits per heavy atom. The molecule has 4 aromatic rings. The molecule has 1 aliphatic rings. The zero-order valence-electron chi connectivity index (χ0n) is 22.6. The highest BCUT2D eigenvalue weighted by atomic mass is 35.5. The number of benzene rings is 2. The molecule has 0 N–H and O–H groups in total. The predicted molar refractivity (Wildman–Crippen MR) is 155 cm³/mol. The van der Waals surface area contributed by atoms with Crippen molar-refractivity contribution in [3.8, 4) is 11.3 Å². The Bertz CT molecular complexity index is 1550. The minimum Gasteiger partial charge on any atom is -0.443 e. The van der Waals surface area contributed by atoms with Crippen LogP contribution in [0.15, 0.2) is 65.6 Å². The van der Waals surface area contributed by atoms with Gasteiger partial charge in [-0.1, -0.05) is 54.4 Å². The van der Waals surface area contributed by atoms with E-state index >= 15 is 0 Å². The number of thiazole rings is 1. The van der Waals surface area contributed by atoms with E-state index in [1.54, 1.807) is 43.9 Å². The zero-order valence-corrected chi connectivity index (χ0v) is 24.2. The van der Waals surface area contributed by atoms with Gasteiger partial charge in [-0.25, -0.2) is 19.3 Å². The standard InChI is InChI=1S/C31H30ClN3O4S/c1-30(2,3)39-29(38)35-25(21-10-8-20(9-11-21)14-26(36)24-18-40-19-34-24)17-33-28(35)16-27(37)31(12-5-13-31)22-6-4-7-23(32)15-22/h4,6-11,15,17-19H,5,12-14,16H2,1-3H3. The first-order valence-electron chi connectivity index (χ1n) is 13.2. The van der Waals surface area contributed by atoms with Crippen molar-refractivity contribution in [2.24, 2.45) is 0 Å². The maximum absolute atomic E-state index is 13.8. The number of hydrogen-bond donors (Lipinski definition) is 0. The number of rotatable bonds is 8. The summed E-state index contributed by atoms with van der Waals surface area (Å²) >= 11 is 7.63. The third-order valence-electron chi connectivity index (χ3n) is 7.18. The molecule has 0 unspecified atom stereocenters. The number of ketones is 2. The largest absolute Gasteiger partial charge is 0.443 e. The molecule has 2 aromatic carbocycles. The van der Waals surface area contributed by atoms with Gasteiger partial charge in [0.15, 0.2) is 11.6 Å². The highest BCUT2D eigenvalue weighted by molar-refractivity contribution is 7.07. The van der Waals surface area contributed by atoms with Crippen LogP contribution in [-0.2, 0) is 27.8 Å². The summed E-state index contributed by atoms with van der Waals surface area (Å²) in [5.41, 5.74) is 3.67. The van der Waals surface area contributed by atoms with Crippen LogP contribution in [0.1, 0.15) is 67.5 Å². The fraction of sp³-hybridized carbons (Fsp3) is 0.323. The van der Waals surface area contributed by atoms with E-state index in [1.165, 1.54) is 15.9 Å². The summed E-state index contributed by atoms with van der Waals surface area (Å²) in [5.74, 6) is 0.266. The summed E-state index contributed by atoms with van der Waals surface area (Å²) in [6.07, 6.45) is 3.60. The first-order chi connectivity index (χ1) is 19.1. The van der Waals surface area contributed by atoms with Gasteiger partial charge < -0.3 is 4.74 Å². The van der Waals surface area contributed by atoms with Crippen molar-refractivity contribution in [3.05, 3.63) is 93.3 Å². The van der Waals surface area contributed by atoms with E-state index in [0.717, 1.165) is 36.0 Å². The molecular weight excluding hydrogens is 546 g/mol. The highest BCUT2D eigenvalue weighted by Gasteiger charge is 2.45. The first-order valence-corrected chi connectivity index (χ1v) is 14.5. The van der Waals surface area contributed by atoms with Gasteiger partial charge in [0.25, 0.3) is 0 Å². The number of Topliss-reactive ketones (excluding diaryl/α,β-unsaturated/α-hetero) is 2. The van der Waals surface area contributed by atoms with Crippen LogP contribution in [-0.4, -0.2) is 37.8 Å². The molecule has 0 radical (unpaired) electrons. The summed E-state index contributed by atoms with van der Waals surface area (Å²) in [7, 11) is 0. The van der Waals surface area contributed by atoms with Crippen LogP contribution in [0.4, 0.5) is 4.79 Å². The Morgan fingerprint density at radius 2 is 1.80 bits per heavy atom. The van der Waals surface area contributed by atoms with Gasteiger partial charge in [0, 0.05) is 22.4 Å². The van der Waals surface area contributed by atoms with Gasteiger partial charge in [0.1, 0.15) is 17.1 Å². The highest BCUT2D eigenvalue weighted by Crippen LogP contribution is 2.45. The average Bonchev–Trinajstić information content (AvgIpc) is 3.54. The number of carbonyl (C=O) groups is 3. The number of nitrogens with zero attached hydrogens (tertiary/aromatic N) is 3. The third kappa shape index (κ3) is 5.78. The molecular formula is C31H30ClN3O4S. The molecule has 1 aliphatic carbocycles. The van der Waals surface area contributed by atoms with Crippen molar-refractivity contribution >= 4 is 40.6 Å². The van der Waals surface area contributed by atoms with E-state index in [4.69, 9.17) is 16.3 Å². The normalized spacial score (nSPS) is 14.4. The van der Waals surface area contributed by atoms with Crippen LogP contribution in [0.2, 0.25) is 5.02 Å². The van der Waals surface area contributed by atoms with Gasteiger partial charge in [-0.15, -0.1) is 11.3 Å². The molecule has 1 saturated carbocycles. The Labute approximate surface area is 242 Å². The van der Waals surface area contributed by atoms with Crippen LogP contribution in [0.25, 0.3) is 11.3 Å². The lowest BCUT2D eigenvalue weighted by Gasteiger charge is -2.41. The van der Waals surface area contributed by atoms with Crippen molar-refractivity contribution in [1.29, 1.82) is 0 Å². The zero-order chi connectivity index (χ0) is 28.5. The number of hydrogen-bond acceptors (Lipinski definition) is 7. The summed E-state index contributed by atoms with van der Waals surface area (Å²) in [6.45, 7) is 5.38. The number of aromatic nitrogens is 3. The SMILES string of the molecule is CC(C)(C)OC(=O)n1c(-c2ccc(CC(=O)c3cscn3)cc2)cnc1CC(=O)C1(c2cccc(Cl)c2)CCC1. The molecule has 0 bridgehead atoms. The van der Waals surface area contributed by atoms with E-state index in [0.29, 0.717) is 22.2 Å². The van der Waals surface area contributed by atoms with Crippen LogP contribution in [0, 0.1) is 0 Å². The van der Waals surface area contributed by atoms with Crippen LogP contribution in [0.5, 0.6) is 0 Å². The molecule has 0 atom stereocenters. The van der Waals surface area contributed by atoms with Gasteiger partial charge in [-0.3, -0.25) is 9.59 Å². The molecule has 5 rings (SSSR count). The van der Waals surface area contributed by atoms with Crippen LogP contribution in [0.3, 0.4) is 0 Å². The second-order valence-corrected chi connectivity index (χ2v) is 12.2. The number of halogens is 1. The lowest BCUT2D eigenvalue weighted by Crippen LogP contribution is -2.44. The molecule has 206 valence electrons. The maximum atomic E-state index is 13.8. The average molecular weight is 576 g/mol. The quantitative estimate of drug-likeness (QED) is 0.208. The van der Waals surface area contributed by atoms with E-state index in [-0.39, 0.29) is 24.4 Å². The van der Waals surface area contributed by atoms with Crippen LogP contribution >= 0.6 is 22.9 Å². The minimum absolute atomic E-state index is 0.00104. The maximum Gasteiger partial charge on any atom is 0.420 e. The molecule has 0 spiro atoms. The first kappa shape index (κ1) is 27.9. The molecule has 2 heterocycles. The molecule has 7 nitrogen and oxygen atoms in total. The summed E-state index contributed by atoms with van der Waals surface area (Å²) in [4.78, 5) is 48.3. The Kier molecular flexibility index (Phi) is 7.75. The Morgan fingerprint density at radius 1 is 1.05 bits per heavy atom. The lowest BCUT2D eigenvalue weighted by atomic mass is 9.61. The van der Waals surface area contributed by atoms with Gasteiger partial charge in [0.2, 0.25) is 0 Å². The Hall–Kier alpha value is -3.62. The monoisotopic (exact) mass is 575 g/mol. The molecule has 0 aliphatic heterocycles. The van der Waals surface area contributed by atoms with Crippen molar-refractivity contribution in [3.63, 3.8) is 0 Å². The summed E-state index contributed by atoms with van der Waals surface area (Å²) in [5, 5.41) is 2.32. The summed E-state index contributed by atoms with van der Waals surface area (Å²) < 4.78 is 7.11. The Balaban J connectivity index is 1.44. The van der Waals surface area contributed by atoms with Crippen molar-refractivity contribution in [1.82, 2.24) is 14.5 Å². The van der Waals surface area contributed by atoms with Gasteiger partial charge in [0.05, 0.1) is 29.2 Å². The van der Waals surface area contributed by atoms with Crippen molar-refractivity contribution in [2.45, 2.75) is 63.9 Å². The topological polar surface area (TPSA) is 91.2 Å². The smallest absolute Gasteiger partial charge is 0.420 e. The van der Waals surface area contributed by atoms with Crippen molar-refractivity contribution in [2.75, 3.05) is 0 Å². The third-order valence-corrected chi connectivity index (χ3v) is 8.00. The molecule has 1 fully saturated rings. The molecule has 9 heteroatoms. The molecule has 0 amide bonds. The second kappa shape index (κ2) is 11.1. The lowest BCUT2D eigenvalue weighted by molar-refractivity contribution is -0.127. The van der Waals surface area contributed by atoms with Crippen LogP contribution < -0.4 is 0 Å². The fourth-order valence-electron chi connectivity index (χ4n) is 5.01. The van der Waals surface area contributed by atoms with Gasteiger partial charge >= 0.3 is 6.09 Å². The molecule has 40 heavy (non-hydrogen) atoms. The predicted octanol–water partition coefficient (Wildman–Crippen LogP) is 7.10. The summed E-state index contributed by atoms with van der Waals surface area (Å²) in [6, 6.07) is 14.8. The van der Waals surface area contributed by atoms with Crippen molar-refractivity contribution < 1.29 is 19.1 Å². The minimum atomic E-state index is -0.740. The van der Waals surface area contributed by atoms with E-state index < -0.39 is 17.1 Å². The fourth-order valence-corrected chi connectivity index (χ4v) is 5.75. The van der Waals surface area contributed by atoms with E-state index in [2.05, 4.69) is 9.97 Å².